The predicted molar refractivity (Wildman–Crippen MR) is 95.8 cm³/mol. The van der Waals surface area contributed by atoms with E-state index in [4.69, 9.17) is 5.73 Å². The first-order chi connectivity index (χ1) is 11.8. The molecular formula is C16H26N4O4S. The fraction of sp³-hybridized carbons (Fsp3) is 0.562. The van der Waals surface area contributed by atoms with Crippen LogP contribution >= 0.6 is 11.3 Å². The Morgan fingerprint density at radius 3 is 2.56 bits per heavy atom. The molecule has 0 fully saturated rings. The van der Waals surface area contributed by atoms with Crippen molar-refractivity contribution in [2.45, 2.75) is 38.0 Å². The molecule has 1 aromatic heterocycles. The van der Waals surface area contributed by atoms with E-state index < -0.39 is 30.0 Å². The molecule has 0 aliphatic rings. The second-order valence-corrected chi connectivity index (χ2v) is 6.84. The molecule has 8 nitrogen and oxygen atoms in total. The Labute approximate surface area is 151 Å². The second-order valence-electron chi connectivity index (χ2n) is 5.86. The van der Waals surface area contributed by atoms with Crippen molar-refractivity contribution in [1.29, 1.82) is 0 Å². The predicted octanol–water partition coefficient (Wildman–Crippen LogP) is -0.402. The van der Waals surface area contributed by atoms with Crippen molar-refractivity contribution in [3.63, 3.8) is 0 Å². The van der Waals surface area contributed by atoms with Crippen LogP contribution in [-0.2, 0) is 14.4 Å². The fourth-order valence-corrected chi connectivity index (χ4v) is 2.91. The van der Waals surface area contributed by atoms with E-state index >= 15 is 0 Å². The highest BCUT2D eigenvalue weighted by Gasteiger charge is 2.26. The summed E-state index contributed by atoms with van der Waals surface area (Å²) >= 11 is 1.35. The number of hydrogen-bond donors (Lipinski definition) is 4. The van der Waals surface area contributed by atoms with Crippen LogP contribution in [0.3, 0.4) is 0 Å². The topological polar surface area (TPSA) is 125 Å². The van der Waals surface area contributed by atoms with Crippen molar-refractivity contribution in [3.05, 3.63) is 22.4 Å². The molecule has 1 heterocycles. The van der Waals surface area contributed by atoms with E-state index in [-0.39, 0.29) is 12.5 Å². The zero-order valence-corrected chi connectivity index (χ0v) is 15.5. The molecule has 140 valence electrons. The van der Waals surface area contributed by atoms with Gasteiger partial charge in [0.1, 0.15) is 12.1 Å². The third-order valence-corrected chi connectivity index (χ3v) is 4.48. The number of nitrogens with two attached hydrogens (primary N) is 1. The van der Waals surface area contributed by atoms with Crippen molar-refractivity contribution in [3.8, 4) is 0 Å². The van der Waals surface area contributed by atoms with Gasteiger partial charge in [0.05, 0.1) is 6.54 Å². The Morgan fingerprint density at radius 2 is 2.04 bits per heavy atom. The Morgan fingerprint density at radius 1 is 1.36 bits per heavy atom. The van der Waals surface area contributed by atoms with Crippen LogP contribution in [0.1, 0.15) is 30.7 Å². The molecule has 3 amide bonds. The highest BCUT2D eigenvalue weighted by Crippen LogP contribution is 2.20. The molecule has 25 heavy (non-hydrogen) atoms. The van der Waals surface area contributed by atoms with Gasteiger partial charge in [-0.1, -0.05) is 19.4 Å². The number of nitrogens with zero attached hydrogens (tertiary/aromatic N) is 1. The monoisotopic (exact) mass is 370 g/mol. The van der Waals surface area contributed by atoms with Gasteiger partial charge < -0.3 is 26.4 Å². The maximum Gasteiger partial charge on any atom is 0.250 e. The van der Waals surface area contributed by atoms with Gasteiger partial charge in [-0.25, -0.2) is 0 Å². The molecule has 0 saturated carbocycles. The first-order valence-electron chi connectivity index (χ1n) is 8.03. The zero-order valence-electron chi connectivity index (χ0n) is 14.7. The van der Waals surface area contributed by atoms with E-state index in [0.717, 1.165) is 6.42 Å². The first-order valence-corrected chi connectivity index (χ1v) is 8.91. The molecule has 0 spiro atoms. The number of aliphatic hydroxyl groups is 1. The molecule has 0 aliphatic carbocycles. The van der Waals surface area contributed by atoms with Crippen LogP contribution in [0.15, 0.2) is 17.5 Å². The molecule has 1 aromatic rings. The summed E-state index contributed by atoms with van der Waals surface area (Å²) in [5.41, 5.74) is 5.69. The average Bonchev–Trinajstić information content (AvgIpc) is 3.10. The molecule has 0 radical (unpaired) electrons. The smallest absolute Gasteiger partial charge is 0.250 e. The summed E-state index contributed by atoms with van der Waals surface area (Å²) in [6.07, 6.45) is -0.135. The number of amides is 3. The third-order valence-electron chi connectivity index (χ3n) is 3.54. The Hall–Kier alpha value is -1.97. The minimum atomic E-state index is -1.37. The number of likely N-dealkylation sites (N-methyl/N-ethyl adjacent to an activating group) is 1. The maximum absolute atomic E-state index is 12.3. The van der Waals surface area contributed by atoms with E-state index in [1.807, 2.05) is 12.3 Å². The highest BCUT2D eigenvalue weighted by atomic mass is 32.1. The zero-order chi connectivity index (χ0) is 19.0. The van der Waals surface area contributed by atoms with Crippen molar-refractivity contribution < 1.29 is 19.5 Å². The lowest BCUT2D eigenvalue weighted by Gasteiger charge is -2.21. The minimum Gasteiger partial charge on any atom is -0.382 e. The van der Waals surface area contributed by atoms with Gasteiger partial charge in [-0.2, -0.15) is 0 Å². The molecule has 1 unspecified atom stereocenters. The van der Waals surface area contributed by atoms with Crippen LogP contribution in [0.2, 0.25) is 0 Å². The van der Waals surface area contributed by atoms with Gasteiger partial charge in [-0.3, -0.25) is 14.4 Å². The quantitative estimate of drug-likeness (QED) is 0.471. The van der Waals surface area contributed by atoms with Gasteiger partial charge in [0.15, 0.2) is 0 Å². The summed E-state index contributed by atoms with van der Waals surface area (Å²) in [5.74, 6) is -1.51. The summed E-state index contributed by atoms with van der Waals surface area (Å²) in [5, 5.41) is 16.5. The van der Waals surface area contributed by atoms with Crippen LogP contribution in [0.4, 0.5) is 0 Å². The van der Waals surface area contributed by atoms with Gasteiger partial charge in [0, 0.05) is 25.0 Å². The normalized spacial score (nSPS) is 14.3. The number of nitrogens with one attached hydrogen (secondary N) is 2. The van der Waals surface area contributed by atoms with Crippen molar-refractivity contribution >= 4 is 29.1 Å². The SMILES string of the molecule is CCC[C@H](N)C(O)C(=O)NCC(=O)N[C@H](C(=O)N(C)C)c1cccs1. The molecular weight excluding hydrogens is 344 g/mol. The summed E-state index contributed by atoms with van der Waals surface area (Å²) in [7, 11) is 3.20. The van der Waals surface area contributed by atoms with Crippen LogP contribution in [0.25, 0.3) is 0 Å². The minimum absolute atomic E-state index is 0.271. The Balaban J connectivity index is 2.61. The summed E-state index contributed by atoms with van der Waals surface area (Å²) < 4.78 is 0. The van der Waals surface area contributed by atoms with Crippen LogP contribution < -0.4 is 16.4 Å². The lowest BCUT2D eigenvalue weighted by molar-refractivity contribution is -0.135. The lowest BCUT2D eigenvalue weighted by Crippen LogP contribution is -2.49. The van der Waals surface area contributed by atoms with Crippen LogP contribution in [0, 0.1) is 0 Å². The number of carbonyl (C=O) groups is 3. The van der Waals surface area contributed by atoms with Gasteiger partial charge >= 0.3 is 0 Å². The molecule has 3 atom stereocenters. The van der Waals surface area contributed by atoms with E-state index in [0.29, 0.717) is 11.3 Å². The van der Waals surface area contributed by atoms with E-state index in [1.165, 1.54) is 16.2 Å². The first kappa shape index (κ1) is 21.1. The Kier molecular flexibility index (Phi) is 8.53. The number of rotatable bonds is 9. The number of carbonyl (C=O) groups excluding carboxylic acids is 3. The lowest BCUT2D eigenvalue weighted by atomic mass is 10.1. The molecule has 0 aromatic carbocycles. The largest absolute Gasteiger partial charge is 0.382 e. The summed E-state index contributed by atoms with van der Waals surface area (Å²) in [6.45, 7) is 1.54. The second kappa shape index (κ2) is 10.1. The van der Waals surface area contributed by atoms with E-state index in [2.05, 4.69) is 10.6 Å². The molecule has 0 saturated heterocycles. The maximum atomic E-state index is 12.3. The van der Waals surface area contributed by atoms with Gasteiger partial charge in [-0.15, -0.1) is 11.3 Å². The van der Waals surface area contributed by atoms with Crippen molar-refractivity contribution in [2.75, 3.05) is 20.6 Å². The molecule has 9 heteroatoms. The van der Waals surface area contributed by atoms with Gasteiger partial charge in [0.2, 0.25) is 11.8 Å². The molecule has 0 bridgehead atoms. The number of hydrogen-bond acceptors (Lipinski definition) is 6. The number of aliphatic hydroxyl groups excluding tert-OH is 1. The van der Waals surface area contributed by atoms with Crippen molar-refractivity contribution in [1.82, 2.24) is 15.5 Å². The highest BCUT2D eigenvalue weighted by molar-refractivity contribution is 7.10. The van der Waals surface area contributed by atoms with Crippen molar-refractivity contribution in [2.24, 2.45) is 5.73 Å². The van der Waals surface area contributed by atoms with Crippen LogP contribution in [0.5, 0.6) is 0 Å². The van der Waals surface area contributed by atoms with Gasteiger partial charge in [0.25, 0.3) is 5.91 Å². The molecule has 0 aliphatic heterocycles. The van der Waals surface area contributed by atoms with Gasteiger partial charge in [-0.05, 0) is 17.9 Å². The Bertz CT molecular complexity index is 577. The number of thiophene rings is 1. The summed E-state index contributed by atoms with van der Waals surface area (Å²) in [6, 6.07) is 2.05. The average molecular weight is 370 g/mol. The van der Waals surface area contributed by atoms with Crippen LogP contribution in [-0.4, -0.2) is 60.5 Å². The standard InChI is InChI=1S/C16H26N4O4S/c1-4-6-10(17)14(22)15(23)18-9-12(21)19-13(16(24)20(2)3)11-7-5-8-25-11/h5,7-8,10,13-14,22H,4,6,9,17H2,1-3H3,(H,18,23)(H,19,21)/t10-,13-,14?/m0/s1. The molecule has 5 N–H and O–H groups in total. The fourth-order valence-electron chi connectivity index (χ4n) is 2.14. The van der Waals surface area contributed by atoms with E-state index in [1.54, 1.807) is 26.2 Å². The molecule has 1 rings (SSSR count). The third kappa shape index (κ3) is 6.45. The van der Waals surface area contributed by atoms with E-state index in [9.17, 15) is 19.5 Å². The summed E-state index contributed by atoms with van der Waals surface area (Å²) in [4.78, 5) is 38.3.